The van der Waals surface area contributed by atoms with Crippen molar-refractivity contribution in [2.45, 2.75) is 52.2 Å². The lowest BCUT2D eigenvalue weighted by Crippen LogP contribution is -2.39. The zero-order chi connectivity index (χ0) is 16.5. The van der Waals surface area contributed by atoms with Crippen LogP contribution in [-0.2, 0) is 5.41 Å². The molecule has 1 heterocycles. The smallest absolute Gasteiger partial charge is 0.127 e. The molecule has 3 heteroatoms. The molecule has 1 aromatic rings. The van der Waals surface area contributed by atoms with Gasteiger partial charge >= 0.3 is 0 Å². The molecule has 1 unspecified atom stereocenters. The van der Waals surface area contributed by atoms with Crippen LogP contribution in [0.15, 0.2) is 18.2 Å². The maximum absolute atomic E-state index is 14.4. The van der Waals surface area contributed by atoms with Crippen LogP contribution in [0.3, 0.4) is 0 Å². The van der Waals surface area contributed by atoms with Crippen molar-refractivity contribution in [1.29, 1.82) is 0 Å². The predicted octanol–water partition coefficient (Wildman–Crippen LogP) is 5.26. The lowest BCUT2D eigenvalue weighted by Gasteiger charge is -2.37. The van der Waals surface area contributed by atoms with Crippen molar-refractivity contribution in [3.63, 3.8) is 0 Å². The SMILES string of the molecule is CC(C)(C)CN1CCSC(c2cc(C(C)(C)C)ccc2F)C1. The molecule has 1 aliphatic heterocycles. The van der Waals surface area contributed by atoms with Crippen molar-refractivity contribution in [2.24, 2.45) is 5.41 Å². The van der Waals surface area contributed by atoms with Crippen molar-refractivity contribution < 1.29 is 4.39 Å². The molecule has 0 bridgehead atoms. The summed E-state index contributed by atoms with van der Waals surface area (Å²) in [6.45, 7) is 16.5. The summed E-state index contributed by atoms with van der Waals surface area (Å²) >= 11 is 1.90. The van der Waals surface area contributed by atoms with E-state index in [0.717, 1.165) is 31.0 Å². The average molecular weight is 324 g/mol. The fourth-order valence-corrected chi connectivity index (χ4v) is 4.29. The van der Waals surface area contributed by atoms with E-state index in [9.17, 15) is 4.39 Å². The van der Waals surface area contributed by atoms with E-state index in [0.29, 0.717) is 5.41 Å². The Bertz CT molecular complexity index is 513. The quantitative estimate of drug-likeness (QED) is 0.730. The van der Waals surface area contributed by atoms with Gasteiger partial charge in [-0.25, -0.2) is 4.39 Å². The van der Waals surface area contributed by atoms with Gasteiger partial charge in [0.15, 0.2) is 0 Å². The first kappa shape index (κ1) is 17.8. The van der Waals surface area contributed by atoms with Gasteiger partial charge in [0.05, 0.1) is 0 Å². The van der Waals surface area contributed by atoms with E-state index in [4.69, 9.17) is 0 Å². The molecule has 1 aliphatic rings. The maximum Gasteiger partial charge on any atom is 0.127 e. The summed E-state index contributed by atoms with van der Waals surface area (Å²) in [7, 11) is 0. The Hall–Kier alpha value is -0.540. The summed E-state index contributed by atoms with van der Waals surface area (Å²) in [4.78, 5) is 2.49. The molecule has 0 spiro atoms. The Morgan fingerprint density at radius 3 is 2.45 bits per heavy atom. The molecule has 0 radical (unpaired) electrons. The Morgan fingerprint density at radius 2 is 1.86 bits per heavy atom. The van der Waals surface area contributed by atoms with Crippen molar-refractivity contribution in [1.82, 2.24) is 4.90 Å². The van der Waals surface area contributed by atoms with Gasteiger partial charge in [-0.1, -0.05) is 53.7 Å². The van der Waals surface area contributed by atoms with Crippen LogP contribution in [0.4, 0.5) is 4.39 Å². The van der Waals surface area contributed by atoms with Gasteiger partial charge in [0.2, 0.25) is 0 Å². The zero-order valence-electron chi connectivity index (χ0n) is 14.9. The van der Waals surface area contributed by atoms with Gasteiger partial charge in [0, 0.05) is 36.2 Å². The number of benzene rings is 1. The van der Waals surface area contributed by atoms with Crippen LogP contribution >= 0.6 is 11.8 Å². The number of halogens is 1. The van der Waals surface area contributed by atoms with E-state index in [1.807, 2.05) is 17.8 Å². The molecule has 2 rings (SSSR count). The van der Waals surface area contributed by atoms with Crippen LogP contribution in [0, 0.1) is 11.2 Å². The minimum absolute atomic E-state index is 0.0527. The van der Waals surface area contributed by atoms with E-state index in [-0.39, 0.29) is 16.5 Å². The molecule has 0 saturated carbocycles. The van der Waals surface area contributed by atoms with E-state index < -0.39 is 0 Å². The van der Waals surface area contributed by atoms with Gasteiger partial charge in [-0.3, -0.25) is 0 Å². The van der Waals surface area contributed by atoms with Gasteiger partial charge in [-0.2, -0.15) is 11.8 Å². The van der Waals surface area contributed by atoms with Gasteiger partial charge < -0.3 is 4.90 Å². The van der Waals surface area contributed by atoms with Crippen molar-refractivity contribution in [3.8, 4) is 0 Å². The molecule has 0 amide bonds. The summed E-state index contributed by atoms with van der Waals surface area (Å²) in [5, 5.41) is 0.249. The van der Waals surface area contributed by atoms with Crippen molar-refractivity contribution in [3.05, 3.63) is 35.1 Å². The van der Waals surface area contributed by atoms with Gasteiger partial charge in [-0.15, -0.1) is 0 Å². The molecule has 0 N–H and O–H groups in total. The topological polar surface area (TPSA) is 3.24 Å². The number of nitrogens with zero attached hydrogens (tertiary/aromatic N) is 1. The first-order valence-electron chi connectivity index (χ1n) is 8.20. The van der Waals surface area contributed by atoms with E-state index in [2.05, 4.69) is 52.5 Å². The third-order valence-corrected chi connectivity index (χ3v) is 5.28. The molecule has 1 saturated heterocycles. The largest absolute Gasteiger partial charge is 0.301 e. The van der Waals surface area contributed by atoms with Crippen LogP contribution in [-0.4, -0.2) is 30.3 Å². The van der Waals surface area contributed by atoms with Gasteiger partial charge in [0.1, 0.15) is 5.82 Å². The summed E-state index contributed by atoms with van der Waals surface area (Å²) in [5.41, 5.74) is 2.46. The number of hydrogen-bond donors (Lipinski definition) is 0. The Morgan fingerprint density at radius 1 is 1.18 bits per heavy atom. The molecule has 1 aromatic carbocycles. The highest BCUT2D eigenvalue weighted by Gasteiger charge is 2.27. The van der Waals surface area contributed by atoms with Crippen LogP contribution in [0.25, 0.3) is 0 Å². The maximum atomic E-state index is 14.4. The minimum atomic E-state index is -0.0527. The highest BCUT2D eigenvalue weighted by molar-refractivity contribution is 7.99. The second kappa shape index (κ2) is 6.52. The van der Waals surface area contributed by atoms with E-state index in [1.54, 1.807) is 6.07 Å². The second-order valence-electron chi connectivity index (χ2n) is 8.64. The Kier molecular flexibility index (Phi) is 5.28. The predicted molar refractivity (Wildman–Crippen MR) is 96.2 cm³/mol. The molecular formula is C19H30FNS. The van der Waals surface area contributed by atoms with E-state index in [1.165, 1.54) is 5.56 Å². The highest BCUT2D eigenvalue weighted by atomic mass is 32.2. The zero-order valence-corrected chi connectivity index (χ0v) is 15.7. The lowest BCUT2D eigenvalue weighted by molar-refractivity contribution is 0.196. The van der Waals surface area contributed by atoms with Crippen LogP contribution in [0.5, 0.6) is 0 Å². The summed E-state index contributed by atoms with van der Waals surface area (Å²) in [6, 6.07) is 5.67. The molecule has 1 fully saturated rings. The standard InChI is InChI=1S/C19H30FNS/c1-18(2,3)13-21-9-10-22-17(12-21)15-11-14(19(4,5)6)7-8-16(15)20/h7-8,11,17H,9-10,12-13H2,1-6H3. The average Bonchev–Trinajstić information content (AvgIpc) is 2.36. The molecule has 1 nitrogen and oxygen atoms in total. The molecule has 0 aliphatic carbocycles. The summed E-state index contributed by atoms with van der Waals surface area (Å²) < 4.78 is 14.4. The van der Waals surface area contributed by atoms with Gasteiger partial charge in [-0.05, 0) is 22.5 Å². The minimum Gasteiger partial charge on any atom is -0.301 e. The number of rotatable bonds is 2. The second-order valence-corrected chi connectivity index (χ2v) is 9.95. The summed E-state index contributed by atoms with van der Waals surface area (Å²) in [6.07, 6.45) is 0. The first-order valence-corrected chi connectivity index (χ1v) is 9.25. The summed E-state index contributed by atoms with van der Waals surface area (Å²) in [5.74, 6) is 1.03. The fourth-order valence-electron chi connectivity index (χ4n) is 2.96. The molecule has 0 aromatic heterocycles. The third kappa shape index (κ3) is 4.73. The van der Waals surface area contributed by atoms with Crippen molar-refractivity contribution in [2.75, 3.05) is 25.4 Å². The van der Waals surface area contributed by atoms with Crippen LogP contribution in [0.1, 0.15) is 57.9 Å². The van der Waals surface area contributed by atoms with Crippen molar-refractivity contribution >= 4 is 11.8 Å². The van der Waals surface area contributed by atoms with Crippen LogP contribution < -0.4 is 0 Å². The molecule has 22 heavy (non-hydrogen) atoms. The fraction of sp³-hybridized carbons (Fsp3) is 0.684. The molecular weight excluding hydrogens is 293 g/mol. The number of hydrogen-bond acceptors (Lipinski definition) is 2. The lowest BCUT2D eigenvalue weighted by atomic mass is 9.85. The third-order valence-electron chi connectivity index (χ3n) is 4.06. The number of thioether (sulfide) groups is 1. The normalized spacial score (nSPS) is 21.1. The Labute approximate surface area is 139 Å². The molecule has 124 valence electrons. The van der Waals surface area contributed by atoms with E-state index >= 15 is 0 Å². The highest BCUT2D eigenvalue weighted by Crippen LogP contribution is 2.37. The molecule has 1 atom stereocenters. The Balaban J connectivity index is 2.20. The first-order chi connectivity index (χ1) is 10.1. The monoisotopic (exact) mass is 323 g/mol. The van der Waals surface area contributed by atoms with Crippen LogP contribution in [0.2, 0.25) is 0 Å². The van der Waals surface area contributed by atoms with Gasteiger partial charge in [0.25, 0.3) is 0 Å².